The molecular formula is C13H13ClN2O. The summed E-state index contributed by atoms with van der Waals surface area (Å²) in [6.07, 6.45) is 3.43. The van der Waals surface area contributed by atoms with Crippen molar-refractivity contribution in [1.29, 1.82) is 0 Å². The molecule has 0 saturated carbocycles. The van der Waals surface area contributed by atoms with Gasteiger partial charge in [0.15, 0.2) is 0 Å². The Morgan fingerprint density at radius 2 is 1.94 bits per heavy atom. The van der Waals surface area contributed by atoms with Crippen LogP contribution in [-0.4, -0.2) is 12.1 Å². The topological polar surface area (TPSA) is 48.1 Å². The third-order valence-corrected chi connectivity index (χ3v) is 2.94. The van der Waals surface area contributed by atoms with Gasteiger partial charge in [0.25, 0.3) is 0 Å². The van der Waals surface area contributed by atoms with E-state index in [0.29, 0.717) is 5.02 Å². The Hall–Kier alpha value is -1.58. The molecule has 0 amide bonds. The molecule has 0 radical (unpaired) electrons. The number of hydrogen-bond acceptors (Lipinski definition) is 3. The van der Waals surface area contributed by atoms with Crippen LogP contribution in [0.3, 0.4) is 0 Å². The number of pyridine rings is 1. The summed E-state index contributed by atoms with van der Waals surface area (Å²) in [5, 5.41) is 0.605. The van der Waals surface area contributed by atoms with Crippen molar-refractivity contribution in [2.75, 3.05) is 7.11 Å². The van der Waals surface area contributed by atoms with Gasteiger partial charge in [0, 0.05) is 17.4 Å². The van der Waals surface area contributed by atoms with Crippen molar-refractivity contribution in [2.24, 2.45) is 5.73 Å². The van der Waals surface area contributed by atoms with Gasteiger partial charge in [0.2, 0.25) is 0 Å². The van der Waals surface area contributed by atoms with Gasteiger partial charge in [-0.1, -0.05) is 17.7 Å². The summed E-state index contributed by atoms with van der Waals surface area (Å²) in [5.41, 5.74) is 8.01. The SMILES string of the molecule is COc1ccc(C(N)c2ccncc2)c(Cl)c1. The molecule has 17 heavy (non-hydrogen) atoms. The fourth-order valence-electron chi connectivity index (χ4n) is 1.64. The molecule has 0 aliphatic heterocycles. The second kappa shape index (κ2) is 5.17. The molecule has 1 aromatic carbocycles. The third-order valence-electron chi connectivity index (χ3n) is 2.61. The molecule has 0 fully saturated rings. The molecule has 0 aliphatic carbocycles. The van der Waals surface area contributed by atoms with Crippen molar-refractivity contribution in [1.82, 2.24) is 4.98 Å². The average Bonchev–Trinajstić information content (AvgIpc) is 2.39. The summed E-state index contributed by atoms with van der Waals surface area (Å²) in [5.74, 6) is 0.723. The Morgan fingerprint density at radius 3 is 2.53 bits per heavy atom. The highest BCUT2D eigenvalue weighted by atomic mass is 35.5. The number of halogens is 1. The molecule has 2 rings (SSSR count). The zero-order chi connectivity index (χ0) is 12.3. The van der Waals surface area contributed by atoms with Crippen molar-refractivity contribution in [3.05, 3.63) is 58.9 Å². The number of rotatable bonds is 3. The van der Waals surface area contributed by atoms with E-state index in [1.807, 2.05) is 24.3 Å². The predicted octanol–water partition coefficient (Wildman–Crippen LogP) is 2.79. The second-order valence-corrected chi connectivity index (χ2v) is 4.05. The van der Waals surface area contributed by atoms with Crippen LogP contribution in [0.1, 0.15) is 17.2 Å². The lowest BCUT2D eigenvalue weighted by atomic mass is 10.0. The summed E-state index contributed by atoms with van der Waals surface area (Å²) >= 11 is 6.18. The molecule has 88 valence electrons. The predicted molar refractivity (Wildman–Crippen MR) is 68.3 cm³/mol. The largest absolute Gasteiger partial charge is 0.497 e. The first kappa shape index (κ1) is 11.9. The molecule has 1 heterocycles. The summed E-state index contributed by atoms with van der Waals surface area (Å²) in [4.78, 5) is 3.96. The number of nitrogens with two attached hydrogens (primary N) is 1. The first-order chi connectivity index (χ1) is 8.22. The number of benzene rings is 1. The van der Waals surface area contributed by atoms with Crippen LogP contribution < -0.4 is 10.5 Å². The molecule has 2 N–H and O–H groups in total. The van der Waals surface area contributed by atoms with E-state index in [4.69, 9.17) is 22.1 Å². The highest BCUT2D eigenvalue weighted by molar-refractivity contribution is 6.31. The van der Waals surface area contributed by atoms with Gasteiger partial charge < -0.3 is 10.5 Å². The van der Waals surface area contributed by atoms with Crippen molar-refractivity contribution in [3.8, 4) is 5.75 Å². The number of nitrogens with zero attached hydrogens (tertiary/aromatic N) is 1. The molecule has 0 spiro atoms. The maximum Gasteiger partial charge on any atom is 0.120 e. The first-order valence-electron chi connectivity index (χ1n) is 5.21. The summed E-state index contributed by atoms with van der Waals surface area (Å²) in [6, 6.07) is 9.00. The zero-order valence-electron chi connectivity index (χ0n) is 9.43. The van der Waals surface area contributed by atoms with E-state index in [9.17, 15) is 0 Å². The minimum absolute atomic E-state index is 0.253. The van der Waals surface area contributed by atoms with Crippen LogP contribution in [0, 0.1) is 0 Å². The first-order valence-corrected chi connectivity index (χ1v) is 5.59. The summed E-state index contributed by atoms with van der Waals surface area (Å²) in [7, 11) is 1.61. The van der Waals surface area contributed by atoms with Crippen LogP contribution in [0.2, 0.25) is 5.02 Å². The fourth-order valence-corrected chi connectivity index (χ4v) is 1.93. The van der Waals surface area contributed by atoms with Crippen LogP contribution in [0.15, 0.2) is 42.7 Å². The van der Waals surface area contributed by atoms with Gasteiger partial charge in [0.05, 0.1) is 13.2 Å². The number of hydrogen-bond donors (Lipinski definition) is 1. The molecular weight excluding hydrogens is 236 g/mol. The Kier molecular flexibility index (Phi) is 3.61. The fraction of sp³-hybridized carbons (Fsp3) is 0.154. The van der Waals surface area contributed by atoms with E-state index in [1.54, 1.807) is 25.6 Å². The molecule has 2 aromatic rings. The number of aromatic nitrogens is 1. The van der Waals surface area contributed by atoms with Gasteiger partial charge in [-0.15, -0.1) is 0 Å². The monoisotopic (exact) mass is 248 g/mol. The lowest BCUT2D eigenvalue weighted by Gasteiger charge is -2.14. The van der Waals surface area contributed by atoms with E-state index in [1.165, 1.54) is 0 Å². The minimum Gasteiger partial charge on any atom is -0.497 e. The number of methoxy groups -OCH3 is 1. The van der Waals surface area contributed by atoms with Gasteiger partial charge in [0.1, 0.15) is 5.75 Å². The second-order valence-electron chi connectivity index (χ2n) is 3.65. The van der Waals surface area contributed by atoms with E-state index in [2.05, 4.69) is 4.98 Å². The average molecular weight is 249 g/mol. The summed E-state index contributed by atoms with van der Waals surface area (Å²) < 4.78 is 5.10. The minimum atomic E-state index is -0.253. The Balaban J connectivity index is 2.34. The third kappa shape index (κ3) is 2.57. The van der Waals surface area contributed by atoms with Crippen molar-refractivity contribution >= 4 is 11.6 Å². The van der Waals surface area contributed by atoms with Crippen LogP contribution in [0.5, 0.6) is 5.75 Å². The molecule has 0 saturated heterocycles. The van der Waals surface area contributed by atoms with Crippen LogP contribution in [0.25, 0.3) is 0 Å². The van der Waals surface area contributed by atoms with E-state index >= 15 is 0 Å². The molecule has 0 bridgehead atoms. The van der Waals surface area contributed by atoms with E-state index < -0.39 is 0 Å². The molecule has 1 atom stereocenters. The summed E-state index contributed by atoms with van der Waals surface area (Å²) in [6.45, 7) is 0. The lowest BCUT2D eigenvalue weighted by Crippen LogP contribution is -2.12. The normalized spacial score (nSPS) is 12.2. The van der Waals surface area contributed by atoms with Gasteiger partial charge in [-0.05, 0) is 35.4 Å². The van der Waals surface area contributed by atoms with Crippen molar-refractivity contribution in [3.63, 3.8) is 0 Å². The highest BCUT2D eigenvalue weighted by Crippen LogP contribution is 2.29. The van der Waals surface area contributed by atoms with Gasteiger partial charge >= 0.3 is 0 Å². The Bertz CT molecular complexity index is 502. The van der Waals surface area contributed by atoms with Crippen molar-refractivity contribution in [2.45, 2.75) is 6.04 Å². The van der Waals surface area contributed by atoms with Crippen molar-refractivity contribution < 1.29 is 4.74 Å². The van der Waals surface area contributed by atoms with Gasteiger partial charge in [-0.3, -0.25) is 4.98 Å². The maximum atomic E-state index is 6.18. The zero-order valence-corrected chi connectivity index (χ0v) is 10.2. The highest BCUT2D eigenvalue weighted by Gasteiger charge is 2.12. The van der Waals surface area contributed by atoms with Gasteiger partial charge in [-0.2, -0.15) is 0 Å². The standard InChI is InChI=1S/C13H13ClN2O/c1-17-10-2-3-11(12(14)8-10)13(15)9-4-6-16-7-5-9/h2-8,13H,15H2,1H3. The smallest absolute Gasteiger partial charge is 0.120 e. The van der Waals surface area contributed by atoms with E-state index in [-0.39, 0.29) is 6.04 Å². The molecule has 1 aromatic heterocycles. The van der Waals surface area contributed by atoms with Crippen LogP contribution in [0.4, 0.5) is 0 Å². The van der Waals surface area contributed by atoms with Gasteiger partial charge in [-0.25, -0.2) is 0 Å². The number of ether oxygens (including phenoxy) is 1. The molecule has 3 nitrogen and oxygen atoms in total. The molecule has 1 unspecified atom stereocenters. The van der Waals surface area contributed by atoms with Crippen LogP contribution >= 0.6 is 11.6 Å². The maximum absolute atomic E-state index is 6.18. The molecule has 4 heteroatoms. The Morgan fingerprint density at radius 1 is 1.24 bits per heavy atom. The van der Waals surface area contributed by atoms with Crippen LogP contribution in [-0.2, 0) is 0 Å². The lowest BCUT2D eigenvalue weighted by molar-refractivity contribution is 0.414. The molecule has 0 aliphatic rings. The Labute approximate surface area is 105 Å². The van der Waals surface area contributed by atoms with E-state index in [0.717, 1.165) is 16.9 Å². The quantitative estimate of drug-likeness (QED) is 0.909.